The van der Waals surface area contributed by atoms with Crippen LogP contribution in [0, 0.1) is 11.6 Å². The maximum absolute atomic E-state index is 13.5. The Bertz CT molecular complexity index is 1110. The molecule has 1 aliphatic rings. The molecule has 0 bridgehead atoms. The van der Waals surface area contributed by atoms with Crippen LogP contribution in [-0.4, -0.2) is 53.9 Å². The summed E-state index contributed by atoms with van der Waals surface area (Å²) in [5, 5.41) is 4.02. The van der Waals surface area contributed by atoms with E-state index in [1.165, 1.54) is 4.31 Å². The summed E-state index contributed by atoms with van der Waals surface area (Å²) in [7, 11) is -3.98. The van der Waals surface area contributed by atoms with E-state index >= 15 is 0 Å². The molecule has 0 saturated carbocycles. The van der Waals surface area contributed by atoms with Gasteiger partial charge in [0.1, 0.15) is 11.6 Å². The van der Waals surface area contributed by atoms with Crippen molar-refractivity contribution < 1.29 is 21.7 Å². The van der Waals surface area contributed by atoms with Gasteiger partial charge >= 0.3 is 0 Å². The van der Waals surface area contributed by atoms with Crippen molar-refractivity contribution in [2.45, 2.75) is 17.9 Å². The standard InChI is InChI=1S/C20H20F2N4O3S/c1-14(20-23-19(24-29-20)15-5-3-2-4-6-15)25-7-9-26(10-8-25)30(27,28)18-12-16(21)11-17(22)13-18/h2-6,11-14H,7-10H2,1H3. The summed E-state index contributed by atoms with van der Waals surface area (Å²) < 4.78 is 59.0. The van der Waals surface area contributed by atoms with Crippen LogP contribution in [0.5, 0.6) is 0 Å². The van der Waals surface area contributed by atoms with E-state index in [0.717, 1.165) is 17.7 Å². The van der Waals surface area contributed by atoms with E-state index in [4.69, 9.17) is 4.52 Å². The molecule has 10 heteroatoms. The first-order chi connectivity index (χ1) is 14.3. The molecule has 1 unspecified atom stereocenters. The SMILES string of the molecule is CC(c1nc(-c2ccccc2)no1)N1CCN(S(=O)(=O)c2cc(F)cc(F)c2)CC1. The molecule has 7 nitrogen and oxygen atoms in total. The summed E-state index contributed by atoms with van der Waals surface area (Å²) in [6.07, 6.45) is 0. The van der Waals surface area contributed by atoms with Crippen LogP contribution in [0.1, 0.15) is 18.9 Å². The van der Waals surface area contributed by atoms with Crippen molar-refractivity contribution >= 4 is 10.0 Å². The Hall–Kier alpha value is -2.69. The van der Waals surface area contributed by atoms with E-state index in [1.54, 1.807) is 0 Å². The number of hydrogen-bond donors (Lipinski definition) is 0. The second-order valence-corrected chi connectivity index (χ2v) is 8.98. The molecule has 0 amide bonds. The van der Waals surface area contributed by atoms with Gasteiger partial charge < -0.3 is 4.52 Å². The zero-order valence-corrected chi connectivity index (χ0v) is 17.0. The normalized spacial score (nSPS) is 17.2. The molecule has 3 aromatic rings. The van der Waals surface area contributed by atoms with Crippen molar-refractivity contribution in [1.29, 1.82) is 0 Å². The van der Waals surface area contributed by atoms with Gasteiger partial charge in [0.25, 0.3) is 0 Å². The molecule has 1 atom stereocenters. The fourth-order valence-corrected chi connectivity index (χ4v) is 4.89. The van der Waals surface area contributed by atoms with Gasteiger partial charge in [-0.2, -0.15) is 9.29 Å². The molecule has 0 radical (unpaired) electrons. The Labute approximate surface area is 173 Å². The summed E-state index contributed by atoms with van der Waals surface area (Å²) in [6.45, 7) is 3.12. The number of benzene rings is 2. The van der Waals surface area contributed by atoms with Gasteiger partial charge in [-0.1, -0.05) is 35.5 Å². The molecular formula is C20H20F2N4O3S. The molecule has 30 heavy (non-hydrogen) atoms. The van der Waals surface area contributed by atoms with Gasteiger partial charge in [-0.15, -0.1) is 0 Å². The van der Waals surface area contributed by atoms with Crippen molar-refractivity contribution in [3.8, 4) is 11.4 Å². The van der Waals surface area contributed by atoms with Gasteiger partial charge in [0.2, 0.25) is 21.7 Å². The highest BCUT2D eigenvalue weighted by Gasteiger charge is 2.32. The van der Waals surface area contributed by atoms with Crippen molar-refractivity contribution in [1.82, 2.24) is 19.3 Å². The number of halogens is 2. The lowest BCUT2D eigenvalue weighted by Gasteiger charge is -2.36. The predicted octanol–water partition coefficient (Wildman–Crippen LogP) is 3.08. The Morgan fingerprint density at radius 2 is 1.63 bits per heavy atom. The van der Waals surface area contributed by atoms with Crippen LogP contribution in [0.3, 0.4) is 0 Å². The van der Waals surface area contributed by atoms with Crippen LogP contribution in [0.2, 0.25) is 0 Å². The smallest absolute Gasteiger partial charge is 0.244 e. The number of hydrogen-bond acceptors (Lipinski definition) is 6. The second kappa shape index (κ2) is 8.21. The van der Waals surface area contributed by atoms with Crippen molar-refractivity contribution in [3.05, 3.63) is 66.1 Å². The lowest BCUT2D eigenvalue weighted by molar-refractivity contribution is 0.124. The molecule has 1 aromatic heterocycles. The number of piperazine rings is 1. The summed E-state index contributed by atoms with van der Waals surface area (Å²) >= 11 is 0. The lowest BCUT2D eigenvalue weighted by Crippen LogP contribution is -2.49. The molecule has 0 aliphatic carbocycles. The van der Waals surface area contributed by atoms with E-state index in [2.05, 4.69) is 10.1 Å². The molecule has 158 valence electrons. The van der Waals surface area contributed by atoms with E-state index in [1.807, 2.05) is 42.2 Å². The zero-order valence-electron chi connectivity index (χ0n) is 16.2. The quantitative estimate of drug-likeness (QED) is 0.614. The molecule has 0 N–H and O–H groups in total. The average molecular weight is 434 g/mol. The molecule has 1 fully saturated rings. The maximum Gasteiger partial charge on any atom is 0.244 e. The number of nitrogens with zero attached hydrogens (tertiary/aromatic N) is 4. The van der Waals surface area contributed by atoms with Crippen LogP contribution < -0.4 is 0 Å². The molecule has 2 aromatic carbocycles. The Morgan fingerprint density at radius 1 is 1.00 bits per heavy atom. The molecule has 1 aliphatic heterocycles. The number of aromatic nitrogens is 2. The van der Waals surface area contributed by atoms with Gasteiger partial charge in [0.05, 0.1) is 10.9 Å². The highest BCUT2D eigenvalue weighted by Crippen LogP contribution is 2.25. The van der Waals surface area contributed by atoms with Crippen molar-refractivity contribution in [2.75, 3.05) is 26.2 Å². The van der Waals surface area contributed by atoms with Gasteiger partial charge in [-0.25, -0.2) is 17.2 Å². The Morgan fingerprint density at radius 3 is 2.27 bits per heavy atom. The summed E-state index contributed by atoms with van der Waals surface area (Å²) in [5.41, 5.74) is 0.845. The highest BCUT2D eigenvalue weighted by atomic mass is 32.2. The minimum absolute atomic E-state index is 0.185. The molecular weight excluding hydrogens is 414 g/mol. The van der Waals surface area contributed by atoms with Gasteiger partial charge in [0.15, 0.2) is 0 Å². The summed E-state index contributed by atoms with van der Waals surface area (Å²) in [6, 6.07) is 11.6. The van der Waals surface area contributed by atoms with Crippen LogP contribution in [0.25, 0.3) is 11.4 Å². The fourth-order valence-electron chi connectivity index (χ4n) is 3.42. The number of rotatable bonds is 5. The second-order valence-electron chi connectivity index (χ2n) is 7.04. The summed E-state index contributed by atoms with van der Waals surface area (Å²) in [5.74, 6) is -0.915. The number of sulfonamides is 1. The molecule has 1 saturated heterocycles. The third kappa shape index (κ3) is 4.11. The minimum atomic E-state index is -3.98. The van der Waals surface area contributed by atoms with E-state index in [9.17, 15) is 17.2 Å². The van der Waals surface area contributed by atoms with Gasteiger partial charge in [0, 0.05) is 37.8 Å². The van der Waals surface area contributed by atoms with Crippen LogP contribution in [-0.2, 0) is 10.0 Å². The fraction of sp³-hybridized carbons (Fsp3) is 0.300. The third-order valence-electron chi connectivity index (χ3n) is 5.13. The molecule has 4 rings (SSSR count). The first kappa shape index (κ1) is 20.6. The third-order valence-corrected chi connectivity index (χ3v) is 7.00. The maximum atomic E-state index is 13.5. The molecule has 2 heterocycles. The van der Waals surface area contributed by atoms with E-state index < -0.39 is 21.7 Å². The van der Waals surface area contributed by atoms with Crippen molar-refractivity contribution in [3.63, 3.8) is 0 Å². The lowest BCUT2D eigenvalue weighted by atomic mass is 10.2. The largest absolute Gasteiger partial charge is 0.337 e. The highest BCUT2D eigenvalue weighted by molar-refractivity contribution is 7.89. The van der Waals surface area contributed by atoms with E-state index in [-0.39, 0.29) is 24.0 Å². The van der Waals surface area contributed by atoms with Gasteiger partial charge in [-0.3, -0.25) is 4.90 Å². The zero-order chi connectivity index (χ0) is 21.3. The Kier molecular flexibility index (Phi) is 5.63. The summed E-state index contributed by atoms with van der Waals surface area (Å²) in [4.78, 5) is 6.10. The van der Waals surface area contributed by atoms with Crippen LogP contribution in [0.4, 0.5) is 8.78 Å². The van der Waals surface area contributed by atoms with Crippen molar-refractivity contribution in [2.24, 2.45) is 0 Å². The topological polar surface area (TPSA) is 79.5 Å². The average Bonchev–Trinajstić information content (AvgIpc) is 3.23. The minimum Gasteiger partial charge on any atom is -0.337 e. The van der Waals surface area contributed by atoms with Crippen LogP contribution >= 0.6 is 0 Å². The monoisotopic (exact) mass is 434 g/mol. The van der Waals surface area contributed by atoms with E-state index in [0.29, 0.717) is 30.9 Å². The van der Waals surface area contributed by atoms with Gasteiger partial charge in [-0.05, 0) is 19.1 Å². The molecule has 0 spiro atoms. The first-order valence-electron chi connectivity index (χ1n) is 9.44. The van der Waals surface area contributed by atoms with Crippen LogP contribution in [0.15, 0.2) is 57.9 Å². The first-order valence-corrected chi connectivity index (χ1v) is 10.9. The predicted molar refractivity (Wildman–Crippen MR) is 105 cm³/mol. The Balaban J connectivity index is 1.44.